The molecular formula is C18H18N8O3. The molecule has 0 bridgehead atoms. The van der Waals surface area contributed by atoms with Gasteiger partial charge in [0, 0.05) is 11.8 Å². The molecule has 1 amide bonds. The van der Waals surface area contributed by atoms with Crippen molar-refractivity contribution in [2.45, 2.75) is 20.4 Å². The van der Waals surface area contributed by atoms with Gasteiger partial charge in [-0.1, -0.05) is 5.21 Å². The van der Waals surface area contributed by atoms with Crippen LogP contribution in [0.3, 0.4) is 0 Å². The van der Waals surface area contributed by atoms with E-state index in [2.05, 4.69) is 30.8 Å². The van der Waals surface area contributed by atoms with Gasteiger partial charge in [-0.3, -0.25) is 4.79 Å². The first-order valence-electron chi connectivity index (χ1n) is 8.72. The number of hydrogen-bond acceptors (Lipinski definition) is 9. The van der Waals surface area contributed by atoms with Crippen molar-refractivity contribution in [2.75, 3.05) is 12.5 Å². The first-order valence-corrected chi connectivity index (χ1v) is 8.72. The fraction of sp³-hybridized carbons (Fsp3) is 0.222. The smallest absolute Gasteiger partial charge is 0.293 e. The van der Waals surface area contributed by atoms with Gasteiger partial charge < -0.3 is 15.2 Å². The maximum absolute atomic E-state index is 12.4. The Balaban J connectivity index is 1.43. The van der Waals surface area contributed by atoms with Crippen LogP contribution in [0.25, 0.3) is 0 Å². The third-order valence-corrected chi connectivity index (χ3v) is 4.31. The second-order valence-electron chi connectivity index (χ2n) is 6.32. The van der Waals surface area contributed by atoms with Crippen LogP contribution in [-0.4, -0.2) is 43.9 Å². The van der Waals surface area contributed by atoms with Crippen LogP contribution in [0.15, 0.2) is 29.5 Å². The van der Waals surface area contributed by atoms with Crippen LogP contribution in [0, 0.1) is 13.8 Å². The largest absolute Gasteiger partial charge is 0.454 e. The maximum atomic E-state index is 12.4. The Morgan fingerprint density at radius 2 is 2.17 bits per heavy atom. The second kappa shape index (κ2) is 7.54. The highest BCUT2D eigenvalue weighted by Crippen LogP contribution is 2.31. The molecule has 29 heavy (non-hydrogen) atoms. The van der Waals surface area contributed by atoms with Crippen molar-refractivity contribution < 1.29 is 14.3 Å². The third kappa shape index (κ3) is 3.83. The van der Waals surface area contributed by atoms with Crippen LogP contribution in [0.1, 0.15) is 33.1 Å². The molecule has 0 unspecified atom stereocenters. The quantitative estimate of drug-likeness (QED) is 0.478. The number of nitrogens with two attached hydrogens (primary N) is 1. The van der Waals surface area contributed by atoms with Crippen LogP contribution >= 0.6 is 0 Å². The number of aryl methyl sites for hydroxylation is 1. The van der Waals surface area contributed by atoms with Crippen molar-refractivity contribution in [1.29, 1.82) is 0 Å². The first-order chi connectivity index (χ1) is 14.0. The van der Waals surface area contributed by atoms with E-state index in [1.54, 1.807) is 42.9 Å². The summed E-state index contributed by atoms with van der Waals surface area (Å²) in [5.41, 5.74) is 10.5. The van der Waals surface area contributed by atoms with Gasteiger partial charge in [-0.05, 0) is 37.6 Å². The fourth-order valence-electron chi connectivity index (χ4n) is 2.73. The predicted molar refractivity (Wildman–Crippen MR) is 103 cm³/mol. The number of ether oxygens (including phenoxy) is 2. The van der Waals surface area contributed by atoms with E-state index in [1.807, 2.05) is 0 Å². The topological polar surface area (TPSA) is 142 Å². The molecule has 1 aromatic carbocycles. The molecule has 3 heterocycles. The van der Waals surface area contributed by atoms with E-state index >= 15 is 0 Å². The number of nitrogens with zero attached hydrogens (tertiary/aromatic N) is 6. The summed E-state index contributed by atoms with van der Waals surface area (Å²) in [5, 5.41) is 11.9. The van der Waals surface area contributed by atoms with Gasteiger partial charge >= 0.3 is 0 Å². The van der Waals surface area contributed by atoms with E-state index in [-0.39, 0.29) is 12.5 Å². The van der Waals surface area contributed by atoms with Crippen molar-refractivity contribution in [3.8, 4) is 11.5 Å². The SMILES string of the molecule is Cc1ncc(Cn2nnc(C(=O)N/N=C/c3ccc4c(c3)OCO4)c2C)c(N)n1. The number of benzene rings is 1. The van der Waals surface area contributed by atoms with Crippen molar-refractivity contribution in [3.05, 3.63) is 52.7 Å². The molecule has 11 nitrogen and oxygen atoms in total. The van der Waals surface area contributed by atoms with E-state index in [1.165, 1.54) is 6.21 Å². The molecule has 2 aromatic heterocycles. The van der Waals surface area contributed by atoms with Crippen LogP contribution in [0.2, 0.25) is 0 Å². The molecule has 0 saturated heterocycles. The van der Waals surface area contributed by atoms with E-state index in [4.69, 9.17) is 15.2 Å². The van der Waals surface area contributed by atoms with Crippen molar-refractivity contribution in [3.63, 3.8) is 0 Å². The van der Waals surface area contributed by atoms with Gasteiger partial charge in [0.15, 0.2) is 17.2 Å². The Kier molecular flexibility index (Phi) is 4.77. The van der Waals surface area contributed by atoms with E-state index in [0.717, 1.165) is 5.56 Å². The second-order valence-corrected chi connectivity index (χ2v) is 6.32. The number of aromatic nitrogens is 5. The van der Waals surface area contributed by atoms with Crippen LogP contribution in [0.5, 0.6) is 11.5 Å². The standard InChI is InChI=1S/C18H18N8O3/c1-10-16(23-25-26(10)8-13-7-20-11(2)22-17(13)19)18(27)24-21-6-12-3-4-14-15(5-12)29-9-28-14/h3-7H,8-9H2,1-2H3,(H,24,27)(H2,19,20,22)/b21-6+. The zero-order valence-corrected chi connectivity index (χ0v) is 15.8. The monoisotopic (exact) mass is 394 g/mol. The zero-order chi connectivity index (χ0) is 20.4. The molecule has 1 aliphatic heterocycles. The summed E-state index contributed by atoms with van der Waals surface area (Å²) >= 11 is 0. The molecule has 148 valence electrons. The number of hydrazone groups is 1. The lowest BCUT2D eigenvalue weighted by atomic mass is 10.2. The highest BCUT2D eigenvalue weighted by molar-refractivity contribution is 5.94. The summed E-state index contributed by atoms with van der Waals surface area (Å²) in [4.78, 5) is 20.6. The van der Waals surface area contributed by atoms with Crippen LogP contribution in [-0.2, 0) is 6.54 Å². The zero-order valence-electron chi connectivity index (χ0n) is 15.8. The number of fused-ring (bicyclic) bond motifs is 1. The predicted octanol–water partition coefficient (Wildman–Crippen LogP) is 0.808. The molecule has 3 N–H and O–H groups in total. The van der Waals surface area contributed by atoms with Gasteiger partial charge in [-0.25, -0.2) is 20.1 Å². The number of anilines is 1. The number of carbonyl (C=O) groups excluding carboxylic acids is 1. The van der Waals surface area contributed by atoms with E-state index in [9.17, 15) is 4.79 Å². The molecule has 1 aliphatic rings. The summed E-state index contributed by atoms with van der Waals surface area (Å²) in [6, 6.07) is 5.36. The number of nitrogen functional groups attached to an aromatic ring is 1. The molecule has 0 atom stereocenters. The summed E-state index contributed by atoms with van der Waals surface area (Å²) in [7, 11) is 0. The van der Waals surface area contributed by atoms with Gasteiger partial charge in [-0.15, -0.1) is 5.10 Å². The van der Waals surface area contributed by atoms with Gasteiger partial charge in [0.25, 0.3) is 5.91 Å². The van der Waals surface area contributed by atoms with Gasteiger partial charge in [0.05, 0.1) is 18.5 Å². The number of rotatable bonds is 5. The van der Waals surface area contributed by atoms with Crippen LogP contribution in [0.4, 0.5) is 5.82 Å². The van der Waals surface area contributed by atoms with Gasteiger partial charge in [-0.2, -0.15) is 5.10 Å². The molecular weight excluding hydrogens is 376 g/mol. The minimum atomic E-state index is -0.473. The number of hydrogen-bond donors (Lipinski definition) is 2. The summed E-state index contributed by atoms with van der Waals surface area (Å²) < 4.78 is 12.1. The Morgan fingerprint density at radius 3 is 3.00 bits per heavy atom. The molecule has 4 rings (SSSR count). The highest BCUT2D eigenvalue weighted by Gasteiger charge is 2.17. The number of nitrogens with one attached hydrogen (secondary N) is 1. The third-order valence-electron chi connectivity index (χ3n) is 4.31. The lowest BCUT2D eigenvalue weighted by Gasteiger charge is -2.06. The average molecular weight is 394 g/mol. The van der Waals surface area contributed by atoms with Crippen molar-refractivity contribution in [2.24, 2.45) is 5.10 Å². The Labute approximate surface area is 165 Å². The van der Waals surface area contributed by atoms with E-state index in [0.29, 0.717) is 40.9 Å². The summed E-state index contributed by atoms with van der Waals surface area (Å²) in [6.45, 7) is 4.00. The molecule has 0 saturated carbocycles. The molecule has 11 heteroatoms. The molecule has 0 radical (unpaired) electrons. The highest BCUT2D eigenvalue weighted by atomic mass is 16.7. The Bertz CT molecular complexity index is 1110. The van der Waals surface area contributed by atoms with Crippen molar-refractivity contribution in [1.82, 2.24) is 30.4 Å². The summed E-state index contributed by atoms with van der Waals surface area (Å²) in [5.74, 6) is 1.80. The molecule has 0 fully saturated rings. The Hall–Kier alpha value is -4.02. The molecule has 3 aromatic rings. The van der Waals surface area contributed by atoms with Crippen molar-refractivity contribution >= 4 is 17.9 Å². The number of carbonyl (C=O) groups is 1. The van der Waals surface area contributed by atoms with Gasteiger partial charge in [0.2, 0.25) is 6.79 Å². The average Bonchev–Trinajstić information content (AvgIpc) is 3.30. The lowest BCUT2D eigenvalue weighted by Crippen LogP contribution is -2.19. The molecule has 0 spiro atoms. The van der Waals surface area contributed by atoms with Gasteiger partial charge in [0.1, 0.15) is 11.6 Å². The normalized spacial score (nSPS) is 12.5. The van der Waals surface area contributed by atoms with E-state index < -0.39 is 5.91 Å². The lowest BCUT2D eigenvalue weighted by molar-refractivity contribution is 0.0949. The maximum Gasteiger partial charge on any atom is 0.293 e. The minimum Gasteiger partial charge on any atom is -0.454 e. The van der Waals surface area contributed by atoms with Crippen LogP contribution < -0.4 is 20.6 Å². The number of amides is 1. The molecule has 0 aliphatic carbocycles. The minimum absolute atomic E-state index is 0.166. The Morgan fingerprint density at radius 1 is 1.34 bits per heavy atom. The first kappa shape index (κ1) is 18.3. The summed E-state index contributed by atoms with van der Waals surface area (Å²) in [6.07, 6.45) is 3.14. The fourth-order valence-corrected chi connectivity index (χ4v) is 2.73.